The lowest BCUT2D eigenvalue weighted by molar-refractivity contribution is -0.140. The predicted octanol–water partition coefficient (Wildman–Crippen LogP) is 4.94. The van der Waals surface area contributed by atoms with Gasteiger partial charge in [-0.3, -0.25) is 9.59 Å². The van der Waals surface area contributed by atoms with E-state index < -0.39 is 0 Å². The molecule has 0 radical (unpaired) electrons. The van der Waals surface area contributed by atoms with E-state index in [1.54, 1.807) is 14.1 Å². The number of likely N-dealkylation sites (N-methyl/N-ethyl adjacent to an activating group) is 1. The third kappa shape index (κ3) is 6.24. The maximum Gasteiger partial charge on any atom is 0.243 e. The Morgan fingerprint density at radius 2 is 1.78 bits per heavy atom. The summed E-state index contributed by atoms with van der Waals surface area (Å²) in [6.07, 6.45) is 3.30. The maximum absolute atomic E-state index is 12.7. The summed E-state index contributed by atoms with van der Waals surface area (Å²) in [5.74, 6) is 1.23. The van der Waals surface area contributed by atoms with Crippen LogP contribution in [0, 0.1) is 5.92 Å². The van der Waals surface area contributed by atoms with Crippen LogP contribution < -0.4 is 0 Å². The molecule has 0 fully saturated rings. The Morgan fingerprint density at radius 3 is 2.49 bits per heavy atom. The van der Waals surface area contributed by atoms with Gasteiger partial charge in [-0.05, 0) is 40.5 Å². The number of hydrogen-bond donors (Lipinski definition) is 1. The first-order valence-electron chi connectivity index (χ1n) is 15.3. The molecular weight excluding hydrogens is 566 g/mol. The molecule has 3 heterocycles. The number of benzene rings is 3. The number of aromatic nitrogens is 6. The van der Waals surface area contributed by atoms with E-state index in [9.17, 15) is 9.59 Å². The minimum Gasteiger partial charge on any atom is -0.347 e. The van der Waals surface area contributed by atoms with Gasteiger partial charge in [0, 0.05) is 50.5 Å². The number of aromatic amines is 1. The normalized spacial score (nSPS) is 15.0. The number of carbonyl (C=O) groups is 2. The molecule has 1 aliphatic rings. The molecule has 11 nitrogen and oxygen atoms in total. The van der Waals surface area contributed by atoms with Gasteiger partial charge in [0.1, 0.15) is 12.4 Å². The van der Waals surface area contributed by atoms with Crippen molar-refractivity contribution in [2.45, 2.75) is 46.1 Å². The highest BCUT2D eigenvalue weighted by Crippen LogP contribution is 2.31. The molecule has 1 unspecified atom stereocenters. The van der Waals surface area contributed by atoms with Crippen molar-refractivity contribution in [3.8, 4) is 22.5 Å². The smallest absolute Gasteiger partial charge is 0.243 e. The molecule has 1 atom stereocenters. The van der Waals surface area contributed by atoms with Crippen molar-refractivity contribution in [2.75, 3.05) is 20.6 Å². The number of amides is 2. The number of carbonyl (C=O) groups excluding carboxylic acids is 2. The number of fused-ring (bicyclic) bond motifs is 1. The Labute approximate surface area is 262 Å². The van der Waals surface area contributed by atoms with Crippen molar-refractivity contribution < 1.29 is 9.59 Å². The number of tetrazole rings is 1. The molecule has 0 spiro atoms. The first-order valence-corrected chi connectivity index (χ1v) is 15.3. The van der Waals surface area contributed by atoms with E-state index in [0.717, 1.165) is 69.6 Å². The van der Waals surface area contributed by atoms with Crippen LogP contribution in [0.2, 0.25) is 0 Å². The monoisotopic (exact) mass is 603 g/mol. The van der Waals surface area contributed by atoms with Crippen LogP contribution in [0.25, 0.3) is 33.5 Å². The van der Waals surface area contributed by atoms with Crippen molar-refractivity contribution in [1.29, 1.82) is 0 Å². The number of nitrogens with zero attached hydrogens (tertiary/aromatic N) is 8. The summed E-state index contributed by atoms with van der Waals surface area (Å²) in [7, 11) is 3.36. The van der Waals surface area contributed by atoms with Crippen LogP contribution in [0.15, 0.2) is 71.8 Å². The van der Waals surface area contributed by atoms with Crippen LogP contribution >= 0.6 is 0 Å². The molecule has 45 heavy (non-hydrogen) atoms. The average Bonchev–Trinajstić information content (AvgIpc) is 3.70. The van der Waals surface area contributed by atoms with E-state index in [1.165, 1.54) is 9.91 Å². The molecule has 3 aromatic carbocycles. The maximum atomic E-state index is 12.7. The van der Waals surface area contributed by atoms with Gasteiger partial charge in [0.2, 0.25) is 17.6 Å². The third-order valence-corrected chi connectivity index (χ3v) is 8.24. The van der Waals surface area contributed by atoms with Gasteiger partial charge in [0.15, 0.2) is 0 Å². The molecule has 2 amide bonds. The zero-order valence-corrected chi connectivity index (χ0v) is 26.1. The number of aryl methyl sites for hydroxylation is 1. The molecule has 1 N–H and O–H groups in total. The molecule has 11 heteroatoms. The Morgan fingerprint density at radius 1 is 1.02 bits per heavy atom. The zero-order valence-electron chi connectivity index (χ0n) is 26.1. The first kappa shape index (κ1) is 29.9. The fraction of sp³-hybridized carbons (Fsp3) is 0.324. The Hall–Kier alpha value is -5.19. The van der Waals surface area contributed by atoms with Gasteiger partial charge < -0.3 is 9.47 Å². The van der Waals surface area contributed by atoms with Crippen molar-refractivity contribution in [1.82, 2.24) is 40.1 Å². The number of rotatable bonds is 10. The highest BCUT2D eigenvalue weighted by Gasteiger charge is 2.29. The minimum atomic E-state index is -0.167. The predicted molar refractivity (Wildman–Crippen MR) is 173 cm³/mol. The van der Waals surface area contributed by atoms with E-state index >= 15 is 0 Å². The van der Waals surface area contributed by atoms with Gasteiger partial charge in [-0.1, -0.05) is 74.9 Å². The van der Waals surface area contributed by atoms with Gasteiger partial charge in [-0.2, -0.15) is 10.3 Å². The lowest BCUT2D eigenvalue weighted by Crippen LogP contribution is -2.42. The fourth-order valence-corrected chi connectivity index (χ4v) is 5.70. The molecule has 0 saturated carbocycles. The number of unbranched alkanes of at least 4 members (excludes halogenated alkanes) is 1. The summed E-state index contributed by atoms with van der Waals surface area (Å²) in [6.45, 7) is 4.79. The molecular formula is C34H37N9O2. The topological polar surface area (TPSA) is 125 Å². The van der Waals surface area contributed by atoms with Gasteiger partial charge >= 0.3 is 0 Å². The van der Waals surface area contributed by atoms with E-state index in [2.05, 4.69) is 73.6 Å². The molecule has 0 saturated heterocycles. The molecule has 1 aliphatic heterocycles. The molecule has 0 aliphatic carbocycles. The van der Waals surface area contributed by atoms with E-state index in [1.807, 2.05) is 37.3 Å². The number of imidazole rings is 1. The van der Waals surface area contributed by atoms with Crippen LogP contribution in [0.4, 0.5) is 0 Å². The molecule has 2 aromatic heterocycles. The van der Waals surface area contributed by atoms with Crippen LogP contribution in [-0.2, 0) is 22.6 Å². The minimum absolute atomic E-state index is 0.0699. The summed E-state index contributed by atoms with van der Waals surface area (Å²) in [5.41, 5.74) is 7.86. The van der Waals surface area contributed by atoms with E-state index in [0.29, 0.717) is 18.8 Å². The van der Waals surface area contributed by atoms with Gasteiger partial charge in [0.25, 0.3) is 0 Å². The number of nitrogens with one attached hydrogen (secondary N) is 1. The number of hydrogen-bond acceptors (Lipinski definition) is 7. The summed E-state index contributed by atoms with van der Waals surface area (Å²) in [6, 6.07) is 22.8. The van der Waals surface area contributed by atoms with Crippen LogP contribution in [0.5, 0.6) is 0 Å². The Balaban J connectivity index is 1.34. The second-order valence-electron chi connectivity index (χ2n) is 11.7. The fourth-order valence-electron chi connectivity index (χ4n) is 5.70. The number of H-pyrrole nitrogens is 1. The largest absolute Gasteiger partial charge is 0.347 e. The molecule has 5 aromatic rings. The van der Waals surface area contributed by atoms with E-state index in [4.69, 9.17) is 4.98 Å². The standard InChI is InChI=1S/C34H37N9O2/c1-5-6-11-30-35-28-17-16-25(33-22(2)18-31(44)43(38-33)21-32(45)41(3)4)19-29(28)42(30)20-23-12-14-24(15-13-23)26-9-7-8-10-27(26)34-36-39-40-37-34/h7-10,12-17,19,22H,5-6,11,18,20-21H2,1-4H3,(H,36,37,39,40). The summed E-state index contributed by atoms with van der Waals surface area (Å²) < 4.78 is 2.29. The molecule has 6 rings (SSSR count). The highest BCUT2D eigenvalue weighted by atomic mass is 16.2. The lowest BCUT2D eigenvalue weighted by atomic mass is 9.93. The van der Waals surface area contributed by atoms with Crippen molar-refractivity contribution in [3.05, 3.63) is 83.7 Å². The van der Waals surface area contributed by atoms with Crippen LogP contribution in [0.3, 0.4) is 0 Å². The van der Waals surface area contributed by atoms with Crippen LogP contribution in [0.1, 0.15) is 50.1 Å². The van der Waals surface area contributed by atoms with Crippen LogP contribution in [-0.4, -0.2) is 78.3 Å². The average molecular weight is 604 g/mol. The molecule has 0 bridgehead atoms. The van der Waals surface area contributed by atoms with Gasteiger partial charge in [-0.15, -0.1) is 10.2 Å². The second-order valence-corrected chi connectivity index (χ2v) is 11.7. The zero-order chi connectivity index (χ0) is 31.5. The van der Waals surface area contributed by atoms with Gasteiger partial charge in [0.05, 0.1) is 16.7 Å². The van der Waals surface area contributed by atoms with Crippen molar-refractivity contribution in [3.63, 3.8) is 0 Å². The van der Waals surface area contributed by atoms with Crippen molar-refractivity contribution >= 4 is 28.6 Å². The van der Waals surface area contributed by atoms with Crippen molar-refractivity contribution in [2.24, 2.45) is 11.0 Å². The van der Waals surface area contributed by atoms with Gasteiger partial charge in [-0.25, -0.2) is 9.99 Å². The Bertz CT molecular complexity index is 1860. The quantitative estimate of drug-likeness (QED) is 0.241. The number of hydrazone groups is 1. The highest BCUT2D eigenvalue weighted by molar-refractivity contribution is 6.07. The lowest BCUT2D eigenvalue weighted by Gasteiger charge is -2.28. The summed E-state index contributed by atoms with van der Waals surface area (Å²) in [5, 5.41) is 20.6. The SMILES string of the molecule is CCCCc1nc2ccc(C3=NN(CC(=O)N(C)C)C(=O)CC3C)cc2n1Cc1ccc(-c2ccccc2-c2nn[nH]n2)cc1. The second kappa shape index (κ2) is 12.8. The third-order valence-electron chi connectivity index (χ3n) is 8.24. The summed E-state index contributed by atoms with van der Waals surface area (Å²) >= 11 is 0. The molecule has 230 valence electrons. The van der Waals surface area contributed by atoms with E-state index in [-0.39, 0.29) is 24.3 Å². The Kier molecular flexibility index (Phi) is 8.50. The first-order chi connectivity index (χ1) is 21.8. The summed E-state index contributed by atoms with van der Waals surface area (Å²) in [4.78, 5) is 31.6.